The summed E-state index contributed by atoms with van der Waals surface area (Å²) in [6, 6.07) is 4.50. The second-order valence-corrected chi connectivity index (χ2v) is 11.9. The molecule has 1 aliphatic heterocycles. The molecule has 3 fully saturated rings. The molecule has 3 aliphatic rings. The van der Waals surface area contributed by atoms with Gasteiger partial charge in [0, 0.05) is 24.0 Å². The number of rotatable bonds is 6. The molecule has 2 aliphatic carbocycles. The minimum atomic E-state index is -4.61. The van der Waals surface area contributed by atoms with Gasteiger partial charge in [0.1, 0.15) is 17.4 Å². The Bertz CT molecular complexity index is 1140. The molecular weight excluding hydrogens is 553 g/mol. The summed E-state index contributed by atoms with van der Waals surface area (Å²) in [5.41, 5.74) is -1.75. The summed E-state index contributed by atoms with van der Waals surface area (Å²) in [6.07, 6.45) is -2.66. The SMILES string of the molecule is CC1CCC(C2COC(C3CCC(C(F)(F)Oc4cc(F)c(-c5ccc(C(F)(F)F)cc5)c(F)c4)CC3)OC2)CC1. The number of hydrogen-bond donors (Lipinski definition) is 0. The molecule has 3 nitrogen and oxygen atoms in total. The first kappa shape index (κ1) is 30.1. The van der Waals surface area contributed by atoms with Crippen molar-refractivity contribution in [1.82, 2.24) is 0 Å². The molecule has 2 aromatic carbocycles. The van der Waals surface area contributed by atoms with Crippen LogP contribution in [0.1, 0.15) is 63.9 Å². The lowest BCUT2D eigenvalue weighted by Gasteiger charge is -2.41. The van der Waals surface area contributed by atoms with E-state index >= 15 is 8.78 Å². The topological polar surface area (TPSA) is 27.7 Å². The van der Waals surface area contributed by atoms with Gasteiger partial charge in [-0.2, -0.15) is 22.0 Å². The lowest BCUT2D eigenvalue weighted by Crippen LogP contribution is -2.43. The molecule has 2 aromatic rings. The maximum Gasteiger partial charge on any atom is 0.416 e. The third-order valence-electron chi connectivity index (χ3n) is 9.08. The van der Waals surface area contributed by atoms with E-state index in [-0.39, 0.29) is 24.3 Å². The Morgan fingerprint density at radius 3 is 1.78 bits per heavy atom. The van der Waals surface area contributed by atoms with Crippen molar-refractivity contribution in [1.29, 1.82) is 0 Å². The van der Waals surface area contributed by atoms with E-state index in [2.05, 4.69) is 6.92 Å². The second kappa shape index (κ2) is 12.1. The summed E-state index contributed by atoms with van der Waals surface area (Å²) in [5, 5.41) is 0. The predicted molar refractivity (Wildman–Crippen MR) is 138 cm³/mol. The highest BCUT2D eigenvalue weighted by atomic mass is 19.4. The van der Waals surface area contributed by atoms with Gasteiger partial charge in [0.05, 0.1) is 30.3 Å². The van der Waals surface area contributed by atoms with E-state index in [0.29, 0.717) is 62.2 Å². The average Bonchev–Trinajstić information content (AvgIpc) is 2.93. The van der Waals surface area contributed by atoms with Gasteiger partial charge in [0.2, 0.25) is 0 Å². The molecule has 0 bridgehead atoms. The molecular formula is C31H35F7O3. The van der Waals surface area contributed by atoms with E-state index in [0.717, 1.165) is 18.1 Å². The van der Waals surface area contributed by atoms with Gasteiger partial charge in [-0.15, -0.1) is 0 Å². The molecule has 0 aromatic heterocycles. The van der Waals surface area contributed by atoms with Crippen molar-refractivity contribution in [2.24, 2.45) is 29.6 Å². The van der Waals surface area contributed by atoms with Crippen LogP contribution in [0.3, 0.4) is 0 Å². The first-order valence-electron chi connectivity index (χ1n) is 14.4. The van der Waals surface area contributed by atoms with E-state index < -0.39 is 53.0 Å². The molecule has 2 saturated carbocycles. The summed E-state index contributed by atoms with van der Waals surface area (Å²) in [6.45, 7) is 3.54. The lowest BCUT2D eigenvalue weighted by molar-refractivity contribution is -0.251. The molecule has 0 spiro atoms. The maximum absolute atomic E-state index is 15.1. The number of ether oxygens (including phenoxy) is 3. The zero-order valence-corrected chi connectivity index (χ0v) is 22.9. The van der Waals surface area contributed by atoms with Gasteiger partial charge in [-0.3, -0.25) is 0 Å². The fourth-order valence-corrected chi connectivity index (χ4v) is 6.51. The van der Waals surface area contributed by atoms with Crippen LogP contribution in [-0.4, -0.2) is 25.6 Å². The summed E-state index contributed by atoms with van der Waals surface area (Å²) < 4.78 is 115. The highest BCUT2D eigenvalue weighted by Crippen LogP contribution is 2.44. The quantitative estimate of drug-likeness (QED) is 0.315. The van der Waals surface area contributed by atoms with E-state index in [1.54, 1.807) is 0 Å². The van der Waals surface area contributed by atoms with Crippen LogP contribution in [-0.2, 0) is 15.7 Å². The van der Waals surface area contributed by atoms with Gasteiger partial charge in [-0.1, -0.05) is 31.9 Å². The van der Waals surface area contributed by atoms with E-state index in [1.807, 2.05) is 0 Å². The van der Waals surface area contributed by atoms with Gasteiger partial charge in [-0.25, -0.2) is 8.78 Å². The maximum atomic E-state index is 15.1. The molecule has 0 radical (unpaired) electrons. The minimum absolute atomic E-state index is 0.00714. The van der Waals surface area contributed by atoms with Crippen LogP contribution < -0.4 is 4.74 Å². The molecule has 226 valence electrons. The van der Waals surface area contributed by atoms with Gasteiger partial charge in [0.15, 0.2) is 6.29 Å². The highest BCUT2D eigenvalue weighted by Gasteiger charge is 2.46. The number of halogens is 7. The molecule has 0 N–H and O–H groups in total. The van der Waals surface area contributed by atoms with E-state index in [4.69, 9.17) is 14.2 Å². The highest BCUT2D eigenvalue weighted by molar-refractivity contribution is 5.66. The fraction of sp³-hybridized carbons (Fsp3) is 0.613. The van der Waals surface area contributed by atoms with E-state index in [9.17, 15) is 22.0 Å². The van der Waals surface area contributed by atoms with Crippen LogP contribution in [0.2, 0.25) is 0 Å². The van der Waals surface area contributed by atoms with Gasteiger partial charge in [-0.05, 0) is 68.1 Å². The van der Waals surface area contributed by atoms with Crippen molar-refractivity contribution in [3.05, 3.63) is 53.6 Å². The first-order chi connectivity index (χ1) is 19.4. The predicted octanol–water partition coefficient (Wildman–Crippen LogP) is 9.24. The summed E-state index contributed by atoms with van der Waals surface area (Å²) >= 11 is 0. The number of hydrogen-bond acceptors (Lipinski definition) is 3. The van der Waals surface area contributed by atoms with Crippen LogP contribution in [0.4, 0.5) is 30.7 Å². The Kier molecular flexibility index (Phi) is 8.90. The zero-order chi connectivity index (χ0) is 29.4. The van der Waals surface area contributed by atoms with Crippen molar-refractivity contribution >= 4 is 0 Å². The third kappa shape index (κ3) is 7.01. The average molecular weight is 589 g/mol. The molecule has 0 amide bonds. The Hall–Kier alpha value is -2.33. The Morgan fingerprint density at radius 1 is 0.707 bits per heavy atom. The smallest absolute Gasteiger partial charge is 0.416 e. The van der Waals surface area contributed by atoms with Gasteiger partial charge < -0.3 is 14.2 Å². The van der Waals surface area contributed by atoms with Crippen LogP contribution in [0, 0.1) is 41.2 Å². The Morgan fingerprint density at radius 2 is 1.24 bits per heavy atom. The molecule has 10 heteroatoms. The Labute approximate surface area is 235 Å². The van der Waals surface area contributed by atoms with Crippen LogP contribution in [0.15, 0.2) is 36.4 Å². The minimum Gasteiger partial charge on any atom is -0.432 e. The number of benzene rings is 2. The van der Waals surface area contributed by atoms with Crippen molar-refractivity contribution in [2.45, 2.75) is 76.9 Å². The van der Waals surface area contributed by atoms with Crippen LogP contribution >= 0.6 is 0 Å². The third-order valence-corrected chi connectivity index (χ3v) is 9.08. The van der Waals surface area contributed by atoms with Crippen LogP contribution in [0.25, 0.3) is 11.1 Å². The molecule has 1 heterocycles. The molecule has 0 unspecified atom stereocenters. The second-order valence-electron chi connectivity index (χ2n) is 11.9. The van der Waals surface area contributed by atoms with Crippen molar-refractivity contribution in [3.63, 3.8) is 0 Å². The largest absolute Gasteiger partial charge is 0.432 e. The normalized spacial score (nSPS) is 29.8. The molecule has 0 atom stereocenters. The van der Waals surface area contributed by atoms with Crippen molar-refractivity contribution < 1.29 is 44.9 Å². The molecule has 1 saturated heterocycles. The fourth-order valence-electron chi connectivity index (χ4n) is 6.51. The van der Waals surface area contributed by atoms with Crippen molar-refractivity contribution in [3.8, 4) is 16.9 Å². The zero-order valence-electron chi connectivity index (χ0n) is 22.9. The summed E-state index contributed by atoms with van der Waals surface area (Å²) in [4.78, 5) is 0. The summed E-state index contributed by atoms with van der Waals surface area (Å²) in [7, 11) is 0. The van der Waals surface area contributed by atoms with Crippen molar-refractivity contribution in [2.75, 3.05) is 13.2 Å². The van der Waals surface area contributed by atoms with Gasteiger partial charge in [0.25, 0.3) is 0 Å². The Balaban J connectivity index is 1.14. The molecule has 41 heavy (non-hydrogen) atoms. The van der Waals surface area contributed by atoms with Gasteiger partial charge >= 0.3 is 12.3 Å². The number of alkyl halides is 5. The lowest BCUT2D eigenvalue weighted by atomic mass is 9.76. The van der Waals surface area contributed by atoms with E-state index in [1.165, 1.54) is 25.7 Å². The molecule has 5 rings (SSSR count). The monoisotopic (exact) mass is 588 g/mol. The first-order valence-corrected chi connectivity index (χ1v) is 14.4. The summed E-state index contributed by atoms with van der Waals surface area (Å²) in [5.74, 6) is -2.53. The standard InChI is InChI=1S/C31H35F7O3/c1-18-2-4-19(5-3-18)22-16-39-29(40-17-22)21-8-12-24(13-9-21)31(37,38)41-25-14-26(32)28(27(33)15-25)20-6-10-23(11-7-20)30(34,35)36/h6-7,10-11,14-15,18-19,21-22,24,29H,2-5,8-9,12-13,16-17H2,1H3. The van der Waals surface area contributed by atoms with Crippen LogP contribution in [0.5, 0.6) is 5.75 Å².